The minimum Gasteiger partial charge on any atom is -0.508 e. The molecule has 0 atom stereocenters. The molecule has 0 unspecified atom stereocenters. The van der Waals surface area contributed by atoms with E-state index in [0.29, 0.717) is 35.4 Å². The van der Waals surface area contributed by atoms with Crippen molar-refractivity contribution in [1.82, 2.24) is 0 Å². The molecule has 0 bridgehead atoms. The Balaban J connectivity index is 0.000000272. The molecule has 308 valence electrons. The zero-order valence-electron chi connectivity index (χ0n) is 33.6. The number of carbonyl (C=O) groups is 3. The predicted molar refractivity (Wildman–Crippen MR) is 212 cm³/mol. The van der Waals surface area contributed by atoms with Crippen molar-refractivity contribution in [2.24, 2.45) is 5.92 Å². The lowest BCUT2D eigenvalue weighted by Gasteiger charge is -2.12. The van der Waals surface area contributed by atoms with Gasteiger partial charge in [-0.15, -0.1) is 0 Å². The summed E-state index contributed by atoms with van der Waals surface area (Å²) in [5.74, 6) is 0.195. The maximum absolute atomic E-state index is 11.5. The highest BCUT2D eigenvalue weighted by molar-refractivity contribution is 6.00. The minimum absolute atomic E-state index is 0.0262. The molecule has 15 nitrogen and oxygen atoms in total. The topological polar surface area (TPSA) is 229 Å². The third-order valence-electron chi connectivity index (χ3n) is 8.13. The average molecular weight is 795 g/mol. The van der Waals surface area contributed by atoms with E-state index in [9.17, 15) is 34.2 Å². The van der Waals surface area contributed by atoms with Gasteiger partial charge < -0.3 is 48.2 Å². The van der Waals surface area contributed by atoms with Gasteiger partial charge in [0.15, 0.2) is 46.4 Å². The summed E-state index contributed by atoms with van der Waals surface area (Å²) in [5, 5.41) is 38.7. The number of fused-ring (bicyclic) bond motifs is 2. The third kappa shape index (κ3) is 12.8. The van der Waals surface area contributed by atoms with Crippen LogP contribution in [0.1, 0.15) is 88.2 Å². The van der Waals surface area contributed by atoms with Crippen LogP contribution in [-0.2, 0) is 14.3 Å². The van der Waals surface area contributed by atoms with Crippen LogP contribution in [0, 0.1) is 5.92 Å². The molecule has 57 heavy (non-hydrogen) atoms. The number of phenolic OH excluding ortho intramolecular Hbond substituents is 4. The van der Waals surface area contributed by atoms with Gasteiger partial charge in [0.25, 0.3) is 0 Å². The molecule has 0 aliphatic heterocycles. The molecule has 2 heterocycles. The predicted octanol–water partition coefficient (Wildman–Crippen LogP) is 7.34. The first-order chi connectivity index (χ1) is 26.8. The Morgan fingerprint density at radius 2 is 1.23 bits per heavy atom. The summed E-state index contributed by atoms with van der Waals surface area (Å²) in [5.41, 5.74) is 1.05. The summed E-state index contributed by atoms with van der Waals surface area (Å²) in [6, 6.07) is 11.7. The molecule has 15 heteroatoms. The van der Waals surface area contributed by atoms with E-state index in [1.165, 1.54) is 57.7 Å². The number of rotatable bonds is 10. The second-order valence-corrected chi connectivity index (χ2v) is 13.2. The van der Waals surface area contributed by atoms with Crippen LogP contribution in [0.5, 0.6) is 40.2 Å². The van der Waals surface area contributed by atoms with Crippen molar-refractivity contribution in [2.75, 3.05) is 27.9 Å². The van der Waals surface area contributed by atoms with Crippen LogP contribution in [0.4, 0.5) is 0 Å². The summed E-state index contributed by atoms with van der Waals surface area (Å²) in [4.78, 5) is 55.7. The number of methoxy groups -OCH3 is 3. The van der Waals surface area contributed by atoms with Crippen LogP contribution in [0.3, 0.4) is 0 Å². The number of Topliss-reactive ketones (excluding diaryl/α,β-unsaturated/α-hetero) is 1. The van der Waals surface area contributed by atoms with E-state index in [2.05, 4.69) is 4.74 Å². The van der Waals surface area contributed by atoms with E-state index in [1.807, 2.05) is 27.7 Å². The Labute approximate surface area is 329 Å². The van der Waals surface area contributed by atoms with Gasteiger partial charge >= 0.3 is 17.2 Å². The number of esters is 1. The maximum Gasteiger partial charge on any atom is 0.336 e. The quantitative estimate of drug-likeness (QED) is 0.0469. The number of phenols is 4. The highest BCUT2D eigenvalue weighted by Gasteiger charge is 2.19. The second-order valence-electron chi connectivity index (χ2n) is 13.2. The Morgan fingerprint density at radius 1 is 0.702 bits per heavy atom. The summed E-state index contributed by atoms with van der Waals surface area (Å²) in [6.07, 6.45) is 0.360. The SMILES string of the molecule is CCOC(=O)CC(=O)C(C)C.COc1cc2c(C(C)C)cc(=O)oc2c(C=O)c1O.COc1cc2c(C(C)C)cc(=O)oc2cc1O.COc1ccc(O)cc1O. The number of ether oxygens (including phenoxy) is 4. The van der Waals surface area contributed by atoms with Crippen molar-refractivity contribution in [1.29, 1.82) is 0 Å². The van der Waals surface area contributed by atoms with Crippen LogP contribution in [0.2, 0.25) is 0 Å². The summed E-state index contributed by atoms with van der Waals surface area (Å²) in [6.45, 7) is 13.4. The molecule has 0 aliphatic carbocycles. The normalized spacial score (nSPS) is 10.5. The molecule has 4 N–H and O–H groups in total. The number of hydrogen-bond donors (Lipinski definition) is 4. The lowest BCUT2D eigenvalue weighted by Crippen LogP contribution is -2.15. The van der Waals surface area contributed by atoms with Crippen LogP contribution in [0.25, 0.3) is 21.9 Å². The largest absolute Gasteiger partial charge is 0.508 e. The Hall–Kier alpha value is -6.51. The molecule has 5 aromatic rings. The van der Waals surface area contributed by atoms with Crippen LogP contribution in [-0.4, -0.2) is 66.4 Å². The van der Waals surface area contributed by atoms with E-state index in [0.717, 1.165) is 16.5 Å². The van der Waals surface area contributed by atoms with Crippen molar-refractivity contribution in [3.05, 3.63) is 86.1 Å². The van der Waals surface area contributed by atoms with Crippen LogP contribution < -0.4 is 25.5 Å². The van der Waals surface area contributed by atoms with E-state index in [4.69, 9.17) is 33.3 Å². The highest BCUT2D eigenvalue weighted by Crippen LogP contribution is 2.38. The molecular formula is C42H50O15. The molecular weight excluding hydrogens is 744 g/mol. The third-order valence-corrected chi connectivity index (χ3v) is 8.13. The molecule has 0 saturated carbocycles. The number of hydrogen-bond acceptors (Lipinski definition) is 15. The second kappa shape index (κ2) is 21.5. The van der Waals surface area contributed by atoms with Gasteiger partial charge in [0.1, 0.15) is 29.1 Å². The Morgan fingerprint density at radius 3 is 1.72 bits per heavy atom. The first-order valence-electron chi connectivity index (χ1n) is 17.8. The molecule has 0 saturated heterocycles. The van der Waals surface area contributed by atoms with Crippen molar-refractivity contribution < 1.29 is 62.6 Å². The monoisotopic (exact) mass is 794 g/mol. The van der Waals surface area contributed by atoms with Gasteiger partial charge in [-0.05, 0) is 54.2 Å². The van der Waals surface area contributed by atoms with E-state index < -0.39 is 17.2 Å². The molecule has 0 fully saturated rings. The highest BCUT2D eigenvalue weighted by atomic mass is 16.5. The van der Waals surface area contributed by atoms with Gasteiger partial charge in [-0.2, -0.15) is 0 Å². The molecule has 3 aromatic carbocycles. The fraction of sp³-hybridized carbons (Fsp3) is 0.357. The molecule has 0 amide bonds. The van der Waals surface area contributed by atoms with Gasteiger partial charge in [0.05, 0.1) is 27.9 Å². The fourth-order valence-electron chi connectivity index (χ4n) is 5.13. The van der Waals surface area contributed by atoms with Crippen molar-refractivity contribution in [2.45, 2.75) is 66.7 Å². The summed E-state index contributed by atoms with van der Waals surface area (Å²) in [7, 11) is 4.32. The molecule has 5 rings (SSSR count). The summed E-state index contributed by atoms with van der Waals surface area (Å²) >= 11 is 0. The number of aldehydes is 1. The Kier molecular flexibility index (Phi) is 17.6. The Bertz CT molecular complexity index is 2280. The van der Waals surface area contributed by atoms with Crippen molar-refractivity contribution in [3.63, 3.8) is 0 Å². The van der Waals surface area contributed by atoms with E-state index >= 15 is 0 Å². The lowest BCUT2D eigenvalue weighted by atomic mass is 9.97. The fourth-order valence-corrected chi connectivity index (χ4v) is 5.13. The zero-order valence-corrected chi connectivity index (χ0v) is 33.6. The van der Waals surface area contributed by atoms with Crippen molar-refractivity contribution in [3.8, 4) is 40.2 Å². The smallest absolute Gasteiger partial charge is 0.336 e. The van der Waals surface area contributed by atoms with E-state index in [-0.39, 0.29) is 69.9 Å². The number of benzene rings is 3. The van der Waals surface area contributed by atoms with Gasteiger partial charge in [-0.25, -0.2) is 9.59 Å². The van der Waals surface area contributed by atoms with E-state index in [1.54, 1.807) is 32.9 Å². The first kappa shape index (κ1) is 46.6. The minimum atomic E-state index is -0.552. The lowest BCUT2D eigenvalue weighted by molar-refractivity contribution is -0.146. The maximum atomic E-state index is 11.5. The molecule has 2 aromatic heterocycles. The van der Waals surface area contributed by atoms with Gasteiger partial charge in [0.2, 0.25) is 0 Å². The standard InChI is InChI=1S/C14H14O5.C13H14O4.C8H14O3.C7H8O3/c1-7(2)8-5-12(16)19-14-9(8)4-11(18-3)13(17)10(14)6-15;1-7(2)8-5-13(15)17-11-6-10(14)12(16-3)4-9(8)11;1-4-11-8(10)5-7(9)6(2)3;1-10-7-3-2-5(8)4-6(7)9/h4-7,17H,1-3H3;4-7,14H,1-3H3;6H,4-5H2,1-3H3;2-4,8-9H,1H3. The molecule has 0 spiro atoms. The zero-order chi connectivity index (χ0) is 43.1. The molecule has 0 radical (unpaired) electrons. The van der Waals surface area contributed by atoms with Gasteiger partial charge in [-0.3, -0.25) is 14.4 Å². The summed E-state index contributed by atoms with van der Waals surface area (Å²) < 4.78 is 29.5. The van der Waals surface area contributed by atoms with Gasteiger partial charge in [0, 0.05) is 41.0 Å². The average Bonchev–Trinajstić information content (AvgIpc) is 3.14. The molecule has 0 aliphatic rings. The number of ketones is 1. The van der Waals surface area contributed by atoms with Crippen LogP contribution >= 0.6 is 0 Å². The number of carbonyl (C=O) groups excluding carboxylic acids is 3. The van der Waals surface area contributed by atoms with Gasteiger partial charge in [-0.1, -0.05) is 41.5 Å². The first-order valence-corrected chi connectivity index (χ1v) is 17.8. The van der Waals surface area contributed by atoms with Crippen molar-refractivity contribution >= 4 is 40.0 Å². The van der Waals surface area contributed by atoms with Crippen LogP contribution in [0.15, 0.2) is 67.0 Å². The number of aromatic hydroxyl groups is 4.